The van der Waals surface area contributed by atoms with Crippen molar-refractivity contribution in [3.8, 4) is 0 Å². The molecular formula is C5H8N2O2. The number of carbonyl (C=O) groups is 1. The second-order valence-corrected chi connectivity index (χ2v) is 1.48. The van der Waals surface area contributed by atoms with Gasteiger partial charge < -0.3 is 16.2 Å². The molecule has 9 heavy (non-hydrogen) atoms. The Hall–Kier alpha value is -1.32. The van der Waals surface area contributed by atoms with Crippen LogP contribution in [-0.4, -0.2) is 17.3 Å². The zero-order valence-electron chi connectivity index (χ0n) is 4.79. The Morgan fingerprint density at radius 3 is 2.67 bits per heavy atom. The summed E-state index contributed by atoms with van der Waals surface area (Å²) in [5.74, 6) is -0.981. The highest BCUT2D eigenvalue weighted by Gasteiger charge is 1.96. The second-order valence-electron chi connectivity index (χ2n) is 1.48. The van der Waals surface area contributed by atoms with Crippen LogP contribution in [0.2, 0.25) is 0 Å². The van der Waals surface area contributed by atoms with Gasteiger partial charge in [-0.25, -0.2) is 0 Å². The average molecular weight is 128 g/mol. The van der Waals surface area contributed by atoms with E-state index in [1.165, 1.54) is 6.08 Å². The summed E-state index contributed by atoms with van der Waals surface area (Å²) in [6.07, 6.45) is 2.00. The molecule has 0 aromatic rings. The van der Waals surface area contributed by atoms with E-state index in [-0.39, 0.29) is 12.1 Å². The minimum absolute atomic E-state index is 0.192. The van der Waals surface area contributed by atoms with Crippen molar-refractivity contribution in [2.24, 2.45) is 5.73 Å². The molecule has 0 bridgehead atoms. The fourth-order valence-corrected chi connectivity index (χ4v) is 0.341. The minimum Gasteiger partial charge on any atom is -0.481 e. The van der Waals surface area contributed by atoms with E-state index >= 15 is 0 Å². The smallest absolute Gasteiger partial charge is 0.309 e. The molecule has 0 fully saturated rings. The Bertz CT molecular complexity index is 151. The number of allylic oxidation sites excluding steroid dienone is 1. The lowest BCUT2D eigenvalue weighted by Gasteiger charge is -1.90. The summed E-state index contributed by atoms with van der Waals surface area (Å²) in [7, 11) is 0. The van der Waals surface area contributed by atoms with Gasteiger partial charge in [0.2, 0.25) is 0 Å². The van der Waals surface area contributed by atoms with Gasteiger partial charge in [-0.2, -0.15) is 0 Å². The highest BCUT2D eigenvalue weighted by atomic mass is 16.4. The van der Waals surface area contributed by atoms with Crippen molar-refractivity contribution >= 4 is 12.2 Å². The van der Waals surface area contributed by atoms with Crippen LogP contribution in [0.15, 0.2) is 11.8 Å². The van der Waals surface area contributed by atoms with Gasteiger partial charge in [0, 0.05) is 11.9 Å². The van der Waals surface area contributed by atoms with Crippen LogP contribution >= 0.6 is 0 Å². The van der Waals surface area contributed by atoms with E-state index in [0.29, 0.717) is 0 Å². The van der Waals surface area contributed by atoms with Crippen molar-refractivity contribution in [3.05, 3.63) is 11.8 Å². The molecule has 0 rings (SSSR count). The second kappa shape index (κ2) is 3.65. The molecule has 50 valence electrons. The quantitative estimate of drug-likeness (QED) is 0.466. The molecule has 0 aromatic carbocycles. The summed E-state index contributed by atoms with van der Waals surface area (Å²) in [4.78, 5) is 9.89. The van der Waals surface area contributed by atoms with Crippen molar-refractivity contribution in [3.63, 3.8) is 0 Å². The molecule has 0 heterocycles. The van der Waals surface area contributed by atoms with Gasteiger partial charge in [0.15, 0.2) is 0 Å². The number of rotatable bonds is 3. The standard InChI is InChI=1S/C5H8N2O2/c6-2-1-4(7)3-5(8)9/h1-2,6H,3,7H2,(H,8,9). The van der Waals surface area contributed by atoms with Crippen LogP contribution < -0.4 is 5.73 Å². The Balaban J connectivity index is 3.75. The van der Waals surface area contributed by atoms with Gasteiger partial charge in [0.05, 0.1) is 6.42 Å². The van der Waals surface area contributed by atoms with E-state index in [1.807, 2.05) is 0 Å². The molecular weight excluding hydrogens is 120 g/mol. The zero-order chi connectivity index (χ0) is 7.28. The van der Waals surface area contributed by atoms with Crippen LogP contribution in [-0.2, 0) is 4.79 Å². The maximum Gasteiger partial charge on any atom is 0.309 e. The lowest BCUT2D eigenvalue weighted by atomic mass is 10.3. The van der Waals surface area contributed by atoms with E-state index in [4.69, 9.17) is 16.2 Å². The van der Waals surface area contributed by atoms with Crippen molar-refractivity contribution in [2.75, 3.05) is 0 Å². The molecule has 0 saturated heterocycles. The van der Waals surface area contributed by atoms with Gasteiger partial charge in [0.25, 0.3) is 0 Å². The summed E-state index contributed by atoms with van der Waals surface area (Å²) in [5.41, 5.74) is 5.31. The molecule has 0 amide bonds. The van der Waals surface area contributed by atoms with Crippen LogP contribution in [0.4, 0.5) is 0 Å². The highest BCUT2D eigenvalue weighted by Crippen LogP contribution is 1.88. The fourth-order valence-electron chi connectivity index (χ4n) is 0.341. The largest absolute Gasteiger partial charge is 0.481 e. The Morgan fingerprint density at radius 1 is 1.78 bits per heavy atom. The molecule has 0 aromatic heterocycles. The molecule has 0 radical (unpaired) electrons. The first-order valence-electron chi connectivity index (χ1n) is 2.33. The third-order valence-corrected chi connectivity index (χ3v) is 0.653. The number of hydrogen-bond acceptors (Lipinski definition) is 3. The number of nitrogens with one attached hydrogen (secondary N) is 1. The summed E-state index contributed by atoms with van der Waals surface area (Å²) in [6, 6.07) is 0. The number of carboxylic acid groups (broad SMARTS) is 1. The molecule has 0 aliphatic carbocycles. The maximum absolute atomic E-state index is 9.89. The predicted molar refractivity (Wildman–Crippen MR) is 33.3 cm³/mol. The van der Waals surface area contributed by atoms with Crippen molar-refractivity contribution in [1.82, 2.24) is 0 Å². The van der Waals surface area contributed by atoms with Gasteiger partial charge in [-0.15, -0.1) is 0 Å². The van der Waals surface area contributed by atoms with Gasteiger partial charge in [-0.1, -0.05) is 0 Å². The number of nitrogens with two attached hydrogens (primary N) is 1. The molecule has 4 nitrogen and oxygen atoms in total. The van der Waals surface area contributed by atoms with Crippen LogP contribution in [0.1, 0.15) is 6.42 Å². The maximum atomic E-state index is 9.89. The first-order valence-corrected chi connectivity index (χ1v) is 2.33. The van der Waals surface area contributed by atoms with Gasteiger partial charge >= 0.3 is 5.97 Å². The normalized spacial score (nSPS) is 10.9. The molecule has 0 unspecified atom stereocenters. The Morgan fingerprint density at radius 2 is 2.33 bits per heavy atom. The van der Waals surface area contributed by atoms with Gasteiger partial charge in [-0.3, -0.25) is 4.79 Å². The van der Waals surface area contributed by atoms with E-state index in [9.17, 15) is 4.79 Å². The van der Waals surface area contributed by atoms with Crippen LogP contribution in [0.25, 0.3) is 0 Å². The van der Waals surface area contributed by atoms with Crippen LogP contribution in [0, 0.1) is 5.41 Å². The molecule has 0 aliphatic heterocycles. The van der Waals surface area contributed by atoms with E-state index in [0.717, 1.165) is 6.21 Å². The van der Waals surface area contributed by atoms with Crippen LogP contribution in [0.5, 0.6) is 0 Å². The van der Waals surface area contributed by atoms with Crippen molar-refractivity contribution < 1.29 is 9.90 Å². The third kappa shape index (κ3) is 4.53. The van der Waals surface area contributed by atoms with Crippen molar-refractivity contribution in [2.45, 2.75) is 6.42 Å². The summed E-state index contributed by atoms with van der Waals surface area (Å²) >= 11 is 0. The topological polar surface area (TPSA) is 87.2 Å². The number of aliphatic carboxylic acids is 1. The molecule has 4 heteroatoms. The lowest BCUT2D eigenvalue weighted by Crippen LogP contribution is -2.04. The molecule has 0 spiro atoms. The lowest BCUT2D eigenvalue weighted by molar-refractivity contribution is -0.136. The van der Waals surface area contributed by atoms with Crippen LogP contribution in [0.3, 0.4) is 0 Å². The fraction of sp³-hybridized carbons (Fsp3) is 0.200. The SMILES string of the molecule is N=CC=C(N)CC(=O)O. The van der Waals surface area contributed by atoms with E-state index in [1.54, 1.807) is 0 Å². The first-order chi connectivity index (χ1) is 4.16. The summed E-state index contributed by atoms with van der Waals surface area (Å²) in [6.45, 7) is 0. The summed E-state index contributed by atoms with van der Waals surface area (Å²) < 4.78 is 0. The predicted octanol–water partition coefficient (Wildman–Crippen LogP) is -0.0467. The zero-order valence-corrected chi connectivity index (χ0v) is 4.79. The Kier molecular flexibility index (Phi) is 3.12. The molecule has 4 N–H and O–H groups in total. The minimum atomic E-state index is -0.981. The third-order valence-electron chi connectivity index (χ3n) is 0.653. The number of hydrogen-bond donors (Lipinski definition) is 3. The first kappa shape index (κ1) is 7.68. The number of carboxylic acids is 1. The molecule has 0 saturated carbocycles. The average Bonchev–Trinajstić information content (AvgIpc) is 1.63. The van der Waals surface area contributed by atoms with E-state index in [2.05, 4.69) is 0 Å². The molecule has 0 aliphatic rings. The van der Waals surface area contributed by atoms with Crippen molar-refractivity contribution in [1.29, 1.82) is 5.41 Å². The summed E-state index contributed by atoms with van der Waals surface area (Å²) in [5, 5.41) is 14.6. The highest BCUT2D eigenvalue weighted by molar-refractivity contribution is 5.74. The van der Waals surface area contributed by atoms with Gasteiger partial charge in [-0.05, 0) is 6.08 Å². The molecule has 0 atom stereocenters. The Labute approximate surface area is 52.5 Å². The monoisotopic (exact) mass is 128 g/mol. The van der Waals surface area contributed by atoms with Gasteiger partial charge in [0.1, 0.15) is 0 Å². The van der Waals surface area contributed by atoms with E-state index < -0.39 is 5.97 Å².